The summed E-state index contributed by atoms with van der Waals surface area (Å²) < 4.78 is 32.2. The first-order valence-corrected chi connectivity index (χ1v) is 18.7. The van der Waals surface area contributed by atoms with Crippen LogP contribution in [0, 0.1) is 0 Å². The normalized spacial score (nSPS) is 13.4. The van der Waals surface area contributed by atoms with Crippen molar-refractivity contribution >= 4 is 45.3 Å². The third-order valence-electron chi connectivity index (χ3n) is 8.56. The lowest BCUT2D eigenvalue weighted by atomic mass is 9.96. The number of ether oxygens (including phenoxy) is 1. The van der Waals surface area contributed by atoms with Gasteiger partial charge in [0, 0.05) is 28.7 Å². The van der Waals surface area contributed by atoms with Gasteiger partial charge in [-0.25, -0.2) is 17.9 Å². The standard InChI is InChI=1S/C23H28ClN3O5S.C16H14O3/c1-32-21-12-9-17(24)15-20(21)22(28)25-14-13-16-7-10-19(11-8-16)33(30,31)27-23(29)26-18-5-3-2-4-6-18;1-11(16(18)19)13-8-5-9-14(10-13)15(17)12-6-3-2-4-7-12/h7-12,15,18H,2-6,13-14H2,1H3,(H,25,28)(H2,26,27,29);2-11H,1H3,(H,18,19). The van der Waals surface area contributed by atoms with E-state index in [4.69, 9.17) is 21.4 Å². The van der Waals surface area contributed by atoms with Crippen molar-refractivity contribution in [1.29, 1.82) is 0 Å². The number of rotatable bonds is 12. The fraction of sp³-hybridized carbons (Fsp3) is 0.282. The molecular weight excluding hydrogens is 706 g/mol. The van der Waals surface area contributed by atoms with Crippen molar-refractivity contribution in [3.8, 4) is 5.75 Å². The SMILES string of the molecule is CC(C(=O)O)c1cccc(C(=O)c2ccccc2)c1.COc1ccc(Cl)cc1C(=O)NCCc1ccc(S(=O)(=O)NC(=O)NC2CCCCC2)cc1. The first kappa shape index (κ1) is 39.6. The number of halogens is 1. The predicted octanol–water partition coefficient (Wildman–Crippen LogP) is 6.75. The Morgan fingerprint density at radius 3 is 2.19 bits per heavy atom. The van der Waals surface area contributed by atoms with Crippen molar-refractivity contribution in [3.63, 3.8) is 0 Å². The highest BCUT2D eigenvalue weighted by molar-refractivity contribution is 7.90. The minimum absolute atomic E-state index is 0.00209. The number of urea groups is 1. The van der Waals surface area contributed by atoms with Crippen LogP contribution in [0.15, 0.2) is 102 Å². The van der Waals surface area contributed by atoms with E-state index in [9.17, 15) is 27.6 Å². The molecule has 1 saturated carbocycles. The molecule has 0 aliphatic heterocycles. The molecule has 0 radical (unpaired) electrons. The summed E-state index contributed by atoms with van der Waals surface area (Å²) in [5.74, 6) is -1.51. The van der Waals surface area contributed by atoms with E-state index < -0.39 is 27.9 Å². The summed E-state index contributed by atoms with van der Waals surface area (Å²) >= 11 is 5.96. The molecule has 0 aromatic heterocycles. The highest BCUT2D eigenvalue weighted by Gasteiger charge is 2.21. The molecule has 0 bridgehead atoms. The average molecular weight is 748 g/mol. The molecule has 1 fully saturated rings. The Hall–Kier alpha value is -5.20. The van der Waals surface area contributed by atoms with Crippen molar-refractivity contribution in [3.05, 3.63) is 130 Å². The van der Waals surface area contributed by atoms with Crippen molar-refractivity contribution in [1.82, 2.24) is 15.4 Å². The number of hydrogen-bond donors (Lipinski definition) is 4. The van der Waals surface area contributed by atoms with Gasteiger partial charge in [-0.1, -0.05) is 91.5 Å². The Morgan fingerprint density at radius 2 is 1.54 bits per heavy atom. The van der Waals surface area contributed by atoms with E-state index in [1.54, 1.807) is 79.7 Å². The van der Waals surface area contributed by atoms with Crippen LogP contribution in [0.3, 0.4) is 0 Å². The van der Waals surface area contributed by atoms with Gasteiger partial charge in [-0.3, -0.25) is 14.4 Å². The molecule has 4 aromatic rings. The number of carboxylic acid groups (broad SMARTS) is 1. The second-order valence-electron chi connectivity index (χ2n) is 12.3. The van der Waals surface area contributed by atoms with E-state index in [0.717, 1.165) is 37.7 Å². The highest BCUT2D eigenvalue weighted by Crippen LogP contribution is 2.23. The number of sulfonamides is 1. The van der Waals surface area contributed by atoms with E-state index in [1.165, 1.54) is 25.3 Å². The zero-order chi connectivity index (χ0) is 37.7. The van der Waals surface area contributed by atoms with E-state index in [-0.39, 0.29) is 22.6 Å². The van der Waals surface area contributed by atoms with Gasteiger partial charge < -0.3 is 20.5 Å². The topological polar surface area (TPSA) is 168 Å². The Bertz CT molecular complexity index is 1970. The van der Waals surface area contributed by atoms with E-state index in [2.05, 4.69) is 15.4 Å². The van der Waals surface area contributed by atoms with Crippen LogP contribution in [0.5, 0.6) is 5.75 Å². The van der Waals surface area contributed by atoms with Crippen LogP contribution >= 0.6 is 11.6 Å². The first-order valence-electron chi connectivity index (χ1n) is 16.8. The summed E-state index contributed by atoms with van der Waals surface area (Å²) in [6, 6.07) is 26.0. The van der Waals surface area contributed by atoms with Crippen LogP contribution in [0.4, 0.5) is 4.79 Å². The number of nitrogens with one attached hydrogen (secondary N) is 3. The van der Waals surface area contributed by atoms with Crippen molar-refractivity contribution in [2.24, 2.45) is 0 Å². The second-order valence-corrected chi connectivity index (χ2v) is 14.4. The second kappa shape index (κ2) is 18.9. The van der Waals surface area contributed by atoms with Crippen molar-refractivity contribution in [2.45, 2.75) is 62.3 Å². The molecule has 0 saturated heterocycles. The number of benzene rings is 4. The van der Waals surface area contributed by atoms with Crippen LogP contribution < -0.4 is 20.1 Å². The van der Waals surface area contributed by atoms with Gasteiger partial charge in [0.15, 0.2) is 5.78 Å². The Morgan fingerprint density at radius 1 is 0.865 bits per heavy atom. The number of methoxy groups -OCH3 is 1. The maximum Gasteiger partial charge on any atom is 0.328 e. The third-order valence-corrected chi connectivity index (χ3v) is 10.1. The van der Waals surface area contributed by atoms with Gasteiger partial charge >= 0.3 is 12.0 Å². The number of carbonyl (C=O) groups is 4. The largest absolute Gasteiger partial charge is 0.496 e. The van der Waals surface area contributed by atoms with Crippen molar-refractivity contribution in [2.75, 3.05) is 13.7 Å². The van der Waals surface area contributed by atoms with Gasteiger partial charge in [0.2, 0.25) is 0 Å². The molecule has 5 rings (SSSR count). The number of carbonyl (C=O) groups excluding carboxylic acids is 3. The monoisotopic (exact) mass is 747 g/mol. The van der Waals surface area contributed by atoms with Crippen LogP contribution in [-0.4, -0.2) is 56.9 Å². The fourth-order valence-electron chi connectivity index (χ4n) is 5.60. The Labute approximate surface area is 308 Å². The quantitative estimate of drug-likeness (QED) is 0.116. The average Bonchev–Trinajstić information content (AvgIpc) is 3.15. The lowest BCUT2D eigenvalue weighted by Crippen LogP contribution is -2.45. The maximum atomic E-state index is 12.5. The maximum absolute atomic E-state index is 12.5. The molecule has 1 unspecified atom stereocenters. The number of hydrogen-bond acceptors (Lipinski definition) is 7. The zero-order valence-corrected chi connectivity index (χ0v) is 30.5. The van der Waals surface area contributed by atoms with Crippen LogP contribution in [0.1, 0.15) is 82.4 Å². The van der Waals surface area contributed by atoms with E-state index in [0.29, 0.717) is 46.0 Å². The number of aliphatic carboxylic acids is 1. The first-order chi connectivity index (χ1) is 24.9. The number of carboxylic acids is 1. The van der Waals surface area contributed by atoms with E-state index >= 15 is 0 Å². The lowest BCUT2D eigenvalue weighted by Gasteiger charge is -2.22. The highest BCUT2D eigenvalue weighted by atomic mass is 35.5. The Balaban J connectivity index is 0.000000269. The molecule has 0 heterocycles. The van der Waals surface area contributed by atoms with Gasteiger partial charge in [-0.15, -0.1) is 0 Å². The van der Waals surface area contributed by atoms with Crippen LogP contribution in [0.25, 0.3) is 0 Å². The molecule has 52 heavy (non-hydrogen) atoms. The summed E-state index contributed by atoms with van der Waals surface area (Å²) in [5, 5.41) is 15.0. The molecule has 11 nitrogen and oxygen atoms in total. The molecule has 3 amide bonds. The third kappa shape index (κ3) is 11.4. The van der Waals surface area contributed by atoms with Gasteiger partial charge in [-0.2, -0.15) is 0 Å². The summed E-state index contributed by atoms with van der Waals surface area (Å²) in [6.07, 6.45) is 5.43. The molecule has 1 aliphatic carbocycles. The number of amides is 3. The molecule has 4 N–H and O–H groups in total. The van der Waals surface area contributed by atoms with Gasteiger partial charge in [-0.05, 0) is 73.7 Å². The minimum atomic E-state index is -3.97. The summed E-state index contributed by atoms with van der Waals surface area (Å²) in [6.45, 7) is 1.94. The summed E-state index contributed by atoms with van der Waals surface area (Å²) in [7, 11) is -2.49. The molecule has 4 aromatic carbocycles. The molecular formula is C39H42ClN3O8S. The van der Waals surface area contributed by atoms with Crippen LogP contribution in [0.2, 0.25) is 5.02 Å². The van der Waals surface area contributed by atoms with Gasteiger partial charge in [0.05, 0.1) is 23.5 Å². The summed E-state index contributed by atoms with van der Waals surface area (Å²) in [4.78, 5) is 47.7. The summed E-state index contributed by atoms with van der Waals surface area (Å²) in [5.41, 5.74) is 2.91. The lowest BCUT2D eigenvalue weighted by molar-refractivity contribution is -0.138. The van der Waals surface area contributed by atoms with Gasteiger partial charge in [0.25, 0.3) is 15.9 Å². The van der Waals surface area contributed by atoms with Gasteiger partial charge in [0.1, 0.15) is 5.75 Å². The van der Waals surface area contributed by atoms with E-state index in [1.807, 2.05) is 6.07 Å². The molecule has 0 spiro atoms. The molecule has 1 atom stereocenters. The number of ketones is 1. The fourth-order valence-corrected chi connectivity index (χ4v) is 6.69. The Kier molecular flexibility index (Phi) is 14.4. The predicted molar refractivity (Wildman–Crippen MR) is 199 cm³/mol. The molecule has 1 aliphatic rings. The zero-order valence-electron chi connectivity index (χ0n) is 28.9. The van der Waals surface area contributed by atoms with Crippen LogP contribution in [-0.2, 0) is 21.2 Å². The smallest absolute Gasteiger partial charge is 0.328 e. The van der Waals surface area contributed by atoms with Crippen molar-refractivity contribution < 1.29 is 37.4 Å². The molecule has 13 heteroatoms. The molecule has 274 valence electrons. The minimum Gasteiger partial charge on any atom is -0.496 e.